The van der Waals surface area contributed by atoms with E-state index in [0.29, 0.717) is 61.0 Å². The van der Waals surface area contributed by atoms with Crippen LogP contribution in [0.25, 0.3) is 6.08 Å². The number of phenols is 1. The van der Waals surface area contributed by atoms with E-state index in [1.54, 1.807) is 40.4 Å². The molecule has 0 radical (unpaired) electrons. The fraction of sp³-hybridized carbons (Fsp3) is 0.375. The molecule has 0 saturated heterocycles. The summed E-state index contributed by atoms with van der Waals surface area (Å²) in [6.07, 6.45) is 1.68. The van der Waals surface area contributed by atoms with Crippen molar-refractivity contribution in [2.45, 2.75) is 13.5 Å². The molecule has 0 aliphatic carbocycles. The van der Waals surface area contributed by atoms with Crippen LogP contribution in [0.3, 0.4) is 0 Å². The van der Waals surface area contributed by atoms with Gasteiger partial charge in [-0.25, -0.2) is 0 Å². The molecule has 1 N–H and O–H groups in total. The Kier molecular flexibility index (Phi) is 7.68. The van der Waals surface area contributed by atoms with E-state index in [0.717, 1.165) is 5.56 Å². The summed E-state index contributed by atoms with van der Waals surface area (Å²) >= 11 is 0. The first kappa shape index (κ1) is 22.8. The van der Waals surface area contributed by atoms with Crippen molar-refractivity contribution in [1.82, 2.24) is 4.90 Å². The fourth-order valence-electron chi connectivity index (χ4n) is 3.59. The van der Waals surface area contributed by atoms with Crippen LogP contribution < -0.4 is 9.47 Å². The third-order valence-corrected chi connectivity index (χ3v) is 5.25. The maximum atomic E-state index is 13.1. The van der Waals surface area contributed by atoms with Crippen molar-refractivity contribution in [3.05, 3.63) is 58.3 Å². The average molecular weight is 427 g/mol. The smallest absolute Gasteiger partial charge is 0.232 e. The second-order valence-electron chi connectivity index (χ2n) is 7.34. The standard InChI is InChI=1S/C24H29NO6/c1-16-13-19(26)18(15-25(9-11-28-2)10-12-29-3)24-22(16)23(27)21(31-24)14-17-7-5-6-8-20(17)30-4/h5-8,13-14,26H,9-12,15H2,1-4H3/b21-14+. The van der Waals surface area contributed by atoms with Gasteiger partial charge in [0.15, 0.2) is 5.76 Å². The van der Waals surface area contributed by atoms with Gasteiger partial charge in [0.1, 0.15) is 17.2 Å². The molecule has 2 aromatic rings. The number of nitrogens with zero attached hydrogens (tertiary/aromatic N) is 1. The van der Waals surface area contributed by atoms with E-state index >= 15 is 0 Å². The van der Waals surface area contributed by atoms with Gasteiger partial charge in [-0.3, -0.25) is 9.69 Å². The number of Topliss-reactive ketones (excluding diaryl/α,β-unsaturated/α-hetero) is 1. The van der Waals surface area contributed by atoms with E-state index in [1.165, 1.54) is 0 Å². The molecule has 0 aromatic heterocycles. The minimum absolute atomic E-state index is 0.0995. The highest BCUT2D eigenvalue weighted by molar-refractivity contribution is 6.16. The molecule has 1 heterocycles. The summed E-state index contributed by atoms with van der Waals surface area (Å²) in [6, 6.07) is 9.03. The number of methoxy groups -OCH3 is 3. The molecular weight excluding hydrogens is 398 g/mol. The predicted molar refractivity (Wildman–Crippen MR) is 118 cm³/mol. The van der Waals surface area contributed by atoms with Gasteiger partial charge in [0, 0.05) is 39.4 Å². The van der Waals surface area contributed by atoms with Gasteiger partial charge in [-0.05, 0) is 30.7 Å². The van der Waals surface area contributed by atoms with E-state index in [1.807, 2.05) is 24.3 Å². The third kappa shape index (κ3) is 5.07. The van der Waals surface area contributed by atoms with E-state index in [4.69, 9.17) is 18.9 Å². The van der Waals surface area contributed by atoms with Crippen LogP contribution in [-0.4, -0.2) is 63.4 Å². The summed E-state index contributed by atoms with van der Waals surface area (Å²) in [5.74, 6) is 1.15. The lowest BCUT2D eigenvalue weighted by molar-refractivity contribution is 0.101. The monoisotopic (exact) mass is 427 g/mol. The van der Waals surface area contributed by atoms with Gasteiger partial charge in [0.25, 0.3) is 0 Å². The Balaban J connectivity index is 1.97. The van der Waals surface area contributed by atoms with Gasteiger partial charge in [0.2, 0.25) is 5.78 Å². The average Bonchev–Trinajstić information content (AvgIpc) is 3.09. The highest BCUT2D eigenvalue weighted by atomic mass is 16.5. The maximum absolute atomic E-state index is 13.1. The van der Waals surface area contributed by atoms with Gasteiger partial charge < -0.3 is 24.1 Å². The molecule has 7 nitrogen and oxygen atoms in total. The number of rotatable bonds is 10. The van der Waals surface area contributed by atoms with Crippen molar-refractivity contribution in [1.29, 1.82) is 0 Å². The minimum atomic E-state index is -0.208. The zero-order valence-electron chi connectivity index (χ0n) is 18.4. The van der Waals surface area contributed by atoms with E-state index in [-0.39, 0.29) is 17.3 Å². The SMILES string of the molecule is COCCN(CCOC)Cc1c(O)cc(C)c2c1O/C(=C/c1ccccc1OC)C2=O. The first-order valence-corrected chi connectivity index (χ1v) is 10.1. The molecule has 2 aromatic carbocycles. The molecule has 166 valence electrons. The number of hydrogen-bond donors (Lipinski definition) is 1. The number of carbonyl (C=O) groups excluding carboxylic acids is 1. The van der Waals surface area contributed by atoms with Crippen molar-refractivity contribution >= 4 is 11.9 Å². The topological polar surface area (TPSA) is 77.5 Å². The van der Waals surface area contributed by atoms with Crippen LogP contribution in [0.15, 0.2) is 36.1 Å². The van der Waals surface area contributed by atoms with Gasteiger partial charge in [-0.1, -0.05) is 18.2 Å². The normalized spacial score (nSPS) is 14.2. The molecule has 0 amide bonds. The lowest BCUT2D eigenvalue weighted by Gasteiger charge is -2.23. The van der Waals surface area contributed by atoms with Crippen LogP contribution in [0.4, 0.5) is 0 Å². The van der Waals surface area contributed by atoms with Crippen LogP contribution >= 0.6 is 0 Å². The molecule has 0 fully saturated rings. The van der Waals surface area contributed by atoms with E-state index in [2.05, 4.69) is 4.90 Å². The molecule has 0 unspecified atom stereocenters. The lowest BCUT2D eigenvalue weighted by atomic mass is 9.99. The predicted octanol–water partition coefficient (Wildman–Crippen LogP) is 3.42. The summed E-state index contributed by atoms with van der Waals surface area (Å²) in [5, 5.41) is 10.7. The number of carbonyl (C=O) groups is 1. The Labute approximate surface area is 182 Å². The van der Waals surface area contributed by atoms with Gasteiger partial charge >= 0.3 is 0 Å². The maximum Gasteiger partial charge on any atom is 0.232 e. The van der Waals surface area contributed by atoms with Crippen molar-refractivity contribution in [3.8, 4) is 17.2 Å². The van der Waals surface area contributed by atoms with Crippen LogP contribution in [0.1, 0.15) is 27.0 Å². The molecule has 31 heavy (non-hydrogen) atoms. The minimum Gasteiger partial charge on any atom is -0.507 e. The number of fused-ring (bicyclic) bond motifs is 1. The van der Waals surface area contributed by atoms with Gasteiger partial charge in [0.05, 0.1) is 31.5 Å². The second kappa shape index (κ2) is 10.4. The molecule has 0 bridgehead atoms. The highest BCUT2D eigenvalue weighted by Gasteiger charge is 2.33. The Bertz CT molecular complexity index is 961. The Hall–Kier alpha value is -2.87. The van der Waals surface area contributed by atoms with Gasteiger partial charge in [-0.2, -0.15) is 0 Å². The van der Waals surface area contributed by atoms with Gasteiger partial charge in [-0.15, -0.1) is 0 Å². The van der Waals surface area contributed by atoms with Crippen LogP contribution in [0, 0.1) is 6.92 Å². The van der Waals surface area contributed by atoms with Crippen molar-refractivity contribution < 1.29 is 28.8 Å². The zero-order valence-corrected chi connectivity index (χ0v) is 18.4. The lowest BCUT2D eigenvalue weighted by Crippen LogP contribution is -2.30. The quantitative estimate of drug-likeness (QED) is 0.582. The number of aromatic hydroxyl groups is 1. The number of ether oxygens (including phenoxy) is 4. The van der Waals surface area contributed by atoms with Crippen LogP contribution in [-0.2, 0) is 16.0 Å². The molecule has 0 atom stereocenters. The van der Waals surface area contributed by atoms with Crippen molar-refractivity contribution in [2.75, 3.05) is 47.6 Å². The molecule has 1 aliphatic heterocycles. The number of allylic oxidation sites excluding steroid dienone is 1. The fourth-order valence-corrected chi connectivity index (χ4v) is 3.59. The highest BCUT2D eigenvalue weighted by Crippen LogP contribution is 2.42. The molecule has 0 spiro atoms. The molecule has 0 saturated carbocycles. The molecule has 1 aliphatic rings. The number of aryl methyl sites for hydroxylation is 1. The van der Waals surface area contributed by atoms with Crippen LogP contribution in [0.5, 0.6) is 17.2 Å². The zero-order chi connectivity index (χ0) is 22.4. The Morgan fingerprint density at radius 2 is 1.77 bits per heavy atom. The summed E-state index contributed by atoms with van der Waals surface area (Å²) in [6.45, 7) is 4.58. The van der Waals surface area contributed by atoms with Crippen LogP contribution in [0.2, 0.25) is 0 Å². The van der Waals surface area contributed by atoms with Crippen molar-refractivity contribution in [3.63, 3.8) is 0 Å². The molecular formula is C24H29NO6. The molecule has 3 rings (SSSR count). The number of benzene rings is 2. The molecule has 7 heteroatoms. The Morgan fingerprint density at radius 1 is 1.10 bits per heavy atom. The summed E-state index contributed by atoms with van der Waals surface area (Å²) in [5.41, 5.74) is 2.47. The summed E-state index contributed by atoms with van der Waals surface area (Å²) in [7, 11) is 4.87. The van der Waals surface area contributed by atoms with Crippen molar-refractivity contribution in [2.24, 2.45) is 0 Å². The first-order valence-electron chi connectivity index (χ1n) is 10.1. The summed E-state index contributed by atoms with van der Waals surface area (Å²) in [4.78, 5) is 15.2. The largest absolute Gasteiger partial charge is 0.507 e. The second-order valence-corrected chi connectivity index (χ2v) is 7.34. The number of ketones is 1. The van der Waals surface area contributed by atoms with E-state index < -0.39 is 0 Å². The number of para-hydroxylation sites is 1. The summed E-state index contributed by atoms with van der Waals surface area (Å²) < 4.78 is 21.8. The number of hydrogen-bond acceptors (Lipinski definition) is 7. The Morgan fingerprint density at radius 3 is 2.42 bits per heavy atom. The third-order valence-electron chi connectivity index (χ3n) is 5.25. The number of phenolic OH excluding ortho intramolecular Hbond substituents is 1. The van der Waals surface area contributed by atoms with E-state index in [9.17, 15) is 9.90 Å². The first-order chi connectivity index (χ1) is 15.0.